The standard InChI is InChI=1S/C23H29ClN2O4/c1-3-19(15-29-2)30-22-13-8-16(14-25-22)23(28)26(18-11-9-17(24)10-12-18)20-6-4-5-7-21(20)27/h8-14,19-21,27H,3-7,15H2,1-2H3/t19-,20?,21-/m1/s1. The summed E-state index contributed by atoms with van der Waals surface area (Å²) in [5.74, 6) is 0.248. The number of rotatable bonds is 8. The number of hydrogen-bond acceptors (Lipinski definition) is 5. The second-order valence-electron chi connectivity index (χ2n) is 7.56. The summed E-state index contributed by atoms with van der Waals surface area (Å²) in [6.07, 6.45) is 5.04. The summed E-state index contributed by atoms with van der Waals surface area (Å²) in [4.78, 5) is 19.4. The van der Waals surface area contributed by atoms with Gasteiger partial charge in [0.1, 0.15) is 6.10 Å². The van der Waals surface area contributed by atoms with Crippen molar-refractivity contribution < 1.29 is 19.4 Å². The number of halogens is 1. The lowest BCUT2D eigenvalue weighted by Gasteiger charge is -2.37. The predicted molar refractivity (Wildman–Crippen MR) is 117 cm³/mol. The van der Waals surface area contributed by atoms with E-state index in [0.29, 0.717) is 35.2 Å². The number of anilines is 1. The number of aliphatic hydroxyl groups is 1. The molecule has 1 aromatic carbocycles. The zero-order chi connectivity index (χ0) is 21.5. The first kappa shape index (κ1) is 22.5. The fourth-order valence-corrected chi connectivity index (χ4v) is 3.89. The summed E-state index contributed by atoms with van der Waals surface area (Å²) in [7, 11) is 1.63. The zero-order valence-corrected chi connectivity index (χ0v) is 18.2. The van der Waals surface area contributed by atoms with Crippen molar-refractivity contribution >= 4 is 23.2 Å². The highest BCUT2D eigenvalue weighted by molar-refractivity contribution is 6.30. The van der Waals surface area contributed by atoms with Crippen LogP contribution in [-0.2, 0) is 4.74 Å². The van der Waals surface area contributed by atoms with Crippen molar-refractivity contribution in [1.82, 2.24) is 4.98 Å². The van der Waals surface area contributed by atoms with Gasteiger partial charge in [0.05, 0.1) is 24.3 Å². The largest absolute Gasteiger partial charge is 0.472 e. The molecule has 1 fully saturated rings. The molecule has 7 heteroatoms. The molecule has 1 aliphatic rings. The van der Waals surface area contributed by atoms with Crippen molar-refractivity contribution in [3.63, 3.8) is 0 Å². The van der Waals surface area contributed by atoms with Crippen LogP contribution in [0.5, 0.6) is 5.88 Å². The minimum absolute atomic E-state index is 0.0907. The lowest BCUT2D eigenvalue weighted by atomic mass is 9.90. The number of nitrogens with zero attached hydrogens (tertiary/aromatic N) is 2. The molecule has 1 saturated carbocycles. The smallest absolute Gasteiger partial charge is 0.260 e. The van der Waals surface area contributed by atoms with Gasteiger partial charge in [0, 0.05) is 30.1 Å². The zero-order valence-electron chi connectivity index (χ0n) is 17.5. The Morgan fingerprint density at radius 1 is 1.23 bits per heavy atom. The lowest BCUT2D eigenvalue weighted by molar-refractivity contribution is 0.0755. The maximum Gasteiger partial charge on any atom is 0.260 e. The van der Waals surface area contributed by atoms with Gasteiger partial charge in [-0.15, -0.1) is 0 Å². The number of amides is 1. The number of methoxy groups -OCH3 is 1. The van der Waals surface area contributed by atoms with Crippen molar-refractivity contribution in [1.29, 1.82) is 0 Å². The number of aromatic nitrogens is 1. The molecule has 3 rings (SSSR count). The van der Waals surface area contributed by atoms with E-state index in [1.54, 1.807) is 36.3 Å². The van der Waals surface area contributed by atoms with E-state index in [2.05, 4.69) is 4.98 Å². The van der Waals surface area contributed by atoms with E-state index in [4.69, 9.17) is 21.1 Å². The number of aliphatic hydroxyl groups excluding tert-OH is 1. The Bertz CT molecular complexity index is 813. The topological polar surface area (TPSA) is 71.9 Å². The summed E-state index contributed by atoms with van der Waals surface area (Å²) in [6.45, 7) is 2.49. The van der Waals surface area contributed by atoms with Gasteiger partial charge >= 0.3 is 0 Å². The molecule has 1 heterocycles. The number of ether oxygens (including phenoxy) is 2. The lowest BCUT2D eigenvalue weighted by Crippen LogP contribution is -2.49. The molecule has 6 nitrogen and oxygen atoms in total. The minimum atomic E-state index is -0.562. The van der Waals surface area contributed by atoms with Gasteiger partial charge in [-0.3, -0.25) is 4.79 Å². The van der Waals surface area contributed by atoms with Crippen molar-refractivity contribution in [3.05, 3.63) is 53.2 Å². The van der Waals surface area contributed by atoms with E-state index >= 15 is 0 Å². The Kier molecular flexibility index (Phi) is 8.08. The third-order valence-electron chi connectivity index (χ3n) is 5.43. The van der Waals surface area contributed by atoms with Crippen LogP contribution in [0.2, 0.25) is 5.02 Å². The molecule has 30 heavy (non-hydrogen) atoms. The van der Waals surface area contributed by atoms with Gasteiger partial charge in [0.15, 0.2) is 0 Å². The number of pyridine rings is 1. The Hall–Kier alpha value is -2.15. The van der Waals surface area contributed by atoms with E-state index in [-0.39, 0.29) is 18.1 Å². The summed E-state index contributed by atoms with van der Waals surface area (Å²) in [6, 6.07) is 10.2. The Morgan fingerprint density at radius 2 is 1.97 bits per heavy atom. The monoisotopic (exact) mass is 432 g/mol. The summed E-state index contributed by atoms with van der Waals surface area (Å²) in [5, 5.41) is 11.2. The van der Waals surface area contributed by atoms with Crippen LogP contribution in [-0.4, -0.2) is 48.0 Å². The van der Waals surface area contributed by atoms with Crippen molar-refractivity contribution in [2.24, 2.45) is 0 Å². The predicted octanol–water partition coefficient (Wildman–Crippen LogP) is 4.49. The number of carbonyl (C=O) groups excluding carboxylic acids is 1. The van der Waals surface area contributed by atoms with Gasteiger partial charge in [0.2, 0.25) is 5.88 Å². The van der Waals surface area contributed by atoms with E-state index in [0.717, 1.165) is 25.7 Å². The van der Waals surface area contributed by atoms with Crippen LogP contribution in [0.25, 0.3) is 0 Å². The van der Waals surface area contributed by atoms with Crippen LogP contribution in [0.3, 0.4) is 0 Å². The quantitative estimate of drug-likeness (QED) is 0.665. The fourth-order valence-electron chi connectivity index (χ4n) is 3.76. The molecule has 1 aliphatic carbocycles. The Labute approximate surface area is 182 Å². The van der Waals surface area contributed by atoms with Gasteiger partial charge in [0.25, 0.3) is 5.91 Å². The second-order valence-corrected chi connectivity index (χ2v) is 8.00. The molecule has 162 valence electrons. The average molecular weight is 433 g/mol. The normalized spacial score (nSPS) is 19.9. The Morgan fingerprint density at radius 3 is 2.57 bits per heavy atom. The summed E-state index contributed by atoms with van der Waals surface area (Å²) >= 11 is 6.03. The van der Waals surface area contributed by atoms with Crippen LogP contribution >= 0.6 is 11.6 Å². The molecule has 0 aliphatic heterocycles. The molecule has 3 atom stereocenters. The molecule has 0 saturated heterocycles. The first-order chi connectivity index (χ1) is 14.5. The maximum atomic E-state index is 13.4. The van der Waals surface area contributed by atoms with Crippen molar-refractivity contribution in [3.8, 4) is 5.88 Å². The molecule has 0 radical (unpaired) electrons. The molecule has 0 spiro atoms. The van der Waals surface area contributed by atoms with E-state index < -0.39 is 6.10 Å². The third-order valence-corrected chi connectivity index (χ3v) is 5.68. The van der Waals surface area contributed by atoms with Crippen LogP contribution in [0.15, 0.2) is 42.6 Å². The fraction of sp³-hybridized carbons (Fsp3) is 0.478. The van der Waals surface area contributed by atoms with Crippen LogP contribution in [0.1, 0.15) is 49.4 Å². The number of carbonyl (C=O) groups is 1. The number of benzene rings is 1. The molecular weight excluding hydrogens is 404 g/mol. The Balaban J connectivity index is 1.84. The van der Waals surface area contributed by atoms with Gasteiger partial charge in [-0.25, -0.2) is 4.98 Å². The molecular formula is C23H29ClN2O4. The van der Waals surface area contributed by atoms with Crippen LogP contribution < -0.4 is 9.64 Å². The van der Waals surface area contributed by atoms with Gasteiger partial charge in [-0.2, -0.15) is 0 Å². The van der Waals surface area contributed by atoms with E-state index in [9.17, 15) is 9.90 Å². The number of hydrogen-bond donors (Lipinski definition) is 1. The molecule has 0 bridgehead atoms. The van der Waals surface area contributed by atoms with Gasteiger partial charge in [-0.05, 0) is 49.6 Å². The first-order valence-corrected chi connectivity index (χ1v) is 10.8. The van der Waals surface area contributed by atoms with Gasteiger partial charge in [-0.1, -0.05) is 31.4 Å². The molecule has 1 amide bonds. The van der Waals surface area contributed by atoms with Crippen molar-refractivity contribution in [2.45, 2.75) is 57.3 Å². The SMILES string of the molecule is CC[C@H](COC)Oc1ccc(C(=O)N(c2ccc(Cl)cc2)C2CCCC[C@H]2O)cn1. The van der Waals surface area contributed by atoms with E-state index in [1.165, 1.54) is 6.20 Å². The molecule has 1 unspecified atom stereocenters. The molecule has 2 aromatic rings. The van der Waals surface area contributed by atoms with Crippen LogP contribution in [0.4, 0.5) is 5.69 Å². The molecule has 1 N–H and O–H groups in total. The third kappa shape index (κ3) is 5.50. The summed E-state index contributed by atoms with van der Waals surface area (Å²) in [5.41, 5.74) is 1.15. The first-order valence-electron chi connectivity index (χ1n) is 10.4. The van der Waals surface area contributed by atoms with E-state index in [1.807, 2.05) is 19.1 Å². The van der Waals surface area contributed by atoms with Crippen LogP contribution in [0, 0.1) is 0 Å². The highest BCUT2D eigenvalue weighted by atomic mass is 35.5. The minimum Gasteiger partial charge on any atom is -0.472 e. The van der Waals surface area contributed by atoms with Gasteiger partial charge < -0.3 is 19.5 Å². The average Bonchev–Trinajstić information content (AvgIpc) is 2.76. The highest BCUT2D eigenvalue weighted by Crippen LogP contribution is 2.30. The summed E-state index contributed by atoms with van der Waals surface area (Å²) < 4.78 is 11.0. The highest BCUT2D eigenvalue weighted by Gasteiger charge is 2.33. The maximum absolute atomic E-state index is 13.4. The van der Waals surface area contributed by atoms with Crippen molar-refractivity contribution in [2.75, 3.05) is 18.6 Å². The second kappa shape index (κ2) is 10.8. The molecule has 1 aromatic heterocycles.